The van der Waals surface area contributed by atoms with Crippen LogP contribution in [0.5, 0.6) is 0 Å². The summed E-state index contributed by atoms with van der Waals surface area (Å²) in [6, 6.07) is 0. The normalized spacial score (nSPS) is 23.2. The summed E-state index contributed by atoms with van der Waals surface area (Å²) in [4.78, 5) is 26.0. The average Bonchev–Trinajstić information content (AvgIpc) is 3.17. The van der Waals surface area contributed by atoms with Gasteiger partial charge in [0.15, 0.2) is 0 Å². The van der Waals surface area contributed by atoms with E-state index < -0.39 is 0 Å². The average molecular weight is 280 g/mol. The summed E-state index contributed by atoms with van der Waals surface area (Å²) in [5.41, 5.74) is 1.58. The second-order valence-electron chi connectivity index (χ2n) is 5.13. The number of amides is 2. The van der Waals surface area contributed by atoms with Gasteiger partial charge < -0.3 is 10.2 Å². The quantitative estimate of drug-likeness (QED) is 0.900. The van der Waals surface area contributed by atoms with Crippen LogP contribution in [0.2, 0.25) is 0 Å². The minimum atomic E-state index is -0.125. The Hall–Kier alpha value is -1.50. The first-order valence-corrected chi connectivity index (χ1v) is 7.48. The fourth-order valence-corrected chi connectivity index (χ4v) is 2.86. The van der Waals surface area contributed by atoms with Crippen LogP contribution in [0, 0.1) is 11.8 Å². The second kappa shape index (κ2) is 5.24. The highest BCUT2D eigenvalue weighted by molar-refractivity contribution is 7.13. The molecule has 1 aliphatic carbocycles. The summed E-state index contributed by atoms with van der Waals surface area (Å²) < 4.78 is 0. The lowest BCUT2D eigenvalue weighted by Crippen LogP contribution is -2.44. The summed E-state index contributed by atoms with van der Waals surface area (Å²) in [6.07, 6.45) is 3.75. The summed E-state index contributed by atoms with van der Waals surface area (Å²) in [7, 11) is 0. The van der Waals surface area contributed by atoms with E-state index in [2.05, 4.69) is 15.5 Å². The number of nitrogens with one attached hydrogen (secondary N) is 1. The molecule has 0 spiro atoms. The molecule has 1 aromatic rings. The SMILES string of the molecule is O=C(Nc1nncs1)C1CCCN(C(=O)C2CC2)C1. The third-order valence-corrected chi connectivity index (χ3v) is 4.23. The van der Waals surface area contributed by atoms with Crippen molar-refractivity contribution in [3.05, 3.63) is 5.51 Å². The number of aromatic nitrogens is 2. The van der Waals surface area contributed by atoms with E-state index in [-0.39, 0.29) is 23.7 Å². The predicted molar refractivity (Wildman–Crippen MR) is 70.6 cm³/mol. The zero-order valence-corrected chi connectivity index (χ0v) is 11.4. The first-order valence-electron chi connectivity index (χ1n) is 6.60. The van der Waals surface area contributed by atoms with Gasteiger partial charge >= 0.3 is 0 Å². The molecule has 0 bridgehead atoms. The van der Waals surface area contributed by atoms with Gasteiger partial charge in [-0.05, 0) is 25.7 Å². The van der Waals surface area contributed by atoms with E-state index in [0.29, 0.717) is 11.7 Å². The molecule has 102 valence electrons. The molecule has 2 aliphatic rings. The Morgan fingerprint density at radius 2 is 2.16 bits per heavy atom. The second-order valence-corrected chi connectivity index (χ2v) is 5.96. The van der Waals surface area contributed by atoms with Gasteiger partial charge in [-0.3, -0.25) is 9.59 Å². The molecule has 1 saturated heterocycles. The van der Waals surface area contributed by atoms with Crippen molar-refractivity contribution >= 4 is 28.3 Å². The number of rotatable bonds is 3. The van der Waals surface area contributed by atoms with Gasteiger partial charge in [-0.2, -0.15) is 0 Å². The zero-order valence-electron chi connectivity index (χ0n) is 10.5. The summed E-state index contributed by atoms with van der Waals surface area (Å²) in [5.74, 6) is 0.281. The molecular weight excluding hydrogens is 264 g/mol. The molecule has 0 aromatic carbocycles. The van der Waals surface area contributed by atoms with E-state index >= 15 is 0 Å². The highest BCUT2D eigenvalue weighted by atomic mass is 32.1. The van der Waals surface area contributed by atoms with E-state index in [1.54, 1.807) is 5.51 Å². The van der Waals surface area contributed by atoms with Crippen molar-refractivity contribution in [3.63, 3.8) is 0 Å². The van der Waals surface area contributed by atoms with Crippen LogP contribution in [0.3, 0.4) is 0 Å². The Bertz CT molecular complexity index is 472. The van der Waals surface area contributed by atoms with Crippen LogP contribution in [-0.2, 0) is 9.59 Å². The minimum Gasteiger partial charge on any atom is -0.342 e. The maximum atomic E-state index is 12.1. The van der Waals surface area contributed by atoms with E-state index in [0.717, 1.165) is 32.2 Å². The Morgan fingerprint density at radius 1 is 1.32 bits per heavy atom. The molecule has 1 atom stereocenters. The van der Waals surface area contributed by atoms with Gasteiger partial charge in [0, 0.05) is 19.0 Å². The lowest BCUT2D eigenvalue weighted by Gasteiger charge is -2.32. The molecular formula is C12H16N4O2S. The molecule has 1 aliphatic heterocycles. The Kier molecular flexibility index (Phi) is 3.46. The summed E-state index contributed by atoms with van der Waals surface area (Å²) in [6.45, 7) is 1.33. The summed E-state index contributed by atoms with van der Waals surface area (Å²) in [5, 5.41) is 10.8. The molecule has 1 aromatic heterocycles. The first kappa shape index (κ1) is 12.5. The maximum Gasteiger partial charge on any atom is 0.231 e. The van der Waals surface area contributed by atoms with Gasteiger partial charge in [0.2, 0.25) is 16.9 Å². The van der Waals surface area contributed by atoms with Crippen molar-refractivity contribution in [3.8, 4) is 0 Å². The number of hydrogen-bond donors (Lipinski definition) is 1. The lowest BCUT2D eigenvalue weighted by molar-refractivity contribution is -0.135. The van der Waals surface area contributed by atoms with E-state index in [9.17, 15) is 9.59 Å². The smallest absolute Gasteiger partial charge is 0.231 e. The number of anilines is 1. The fraction of sp³-hybridized carbons (Fsp3) is 0.667. The third-order valence-electron chi connectivity index (χ3n) is 3.62. The van der Waals surface area contributed by atoms with Crippen molar-refractivity contribution in [2.45, 2.75) is 25.7 Å². The van der Waals surface area contributed by atoms with Crippen LogP contribution in [0.4, 0.5) is 5.13 Å². The molecule has 1 unspecified atom stereocenters. The van der Waals surface area contributed by atoms with Gasteiger partial charge in [-0.25, -0.2) is 0 Å². The van der Waals surface area contributed by atoms with Crippen LogP contribution in [-0.4, -0.2) is 40.0 Å². The van der Waals surface area contributed by atoms with Gasteiger partial charge in [-0.1, -0.05) is 11.3 Å². The topological polar surface area (TPSA) is 75.2 Å². The molecule has 2 heterocycles. The molecule has 6 nitrogen and oxygen atoms in total. The monoisotopic (exact) mass is 280 g/mol. The maximum absolute atomic E-state index is 12.1. The Labute approximate surface area is 115 Å². The minimum absolute atomic E-state index is 0.0509. The molecule has 2 amide bonds. The highest BCUT2D eigenvalue weighted by Gasteiger charge is 2.36. The first-order chi connectivity index (χ1) is 9.24. The van der Waals surface area contributed by atoms with E-state index in [1.165, 1.54) is 11.3 Å². The summed E-state index contributed by atoms with van der Waals surface area (Å²) >= 11 is 1.30. The third kappa shape index (κ3) is 2.91. The van der Waals surface area contributed by atoms with E-state index in [1.807, 2.05) is 4.90 Å². The zero-order chi connectivity index (χ0) is 13.2. The number of nitrogens with zero attached hydrogens (tertiary/aromatic N) is 3. The number of piperidine rings is 1. The van der Waals surface area contributed by atoms with Crippen LogP contribution in [0.15, 0.2) is 5.51 Å². The lowest BCUT2D eigenvalue weighted by atomic mass is 9.97. The molecule has 2 fully saturated rings. The molecule has 7 heteroatoms. The Morgan fingerprint density at radius 3 is 2.84 bits per heavy atom. The van der Waals surface area contributed by atoms with Gasteiger partial charge in [0.1, 0.15) is 5.51 Å². The molecule has 19 heavy (non-hydrogen) atoms. The van der Waals surface area contributed by atoms with Crippen molar-refractivity contribution in [2.24, 2.45) is 11.8 Å². The predicted octanol–water partition coefficient (Wildman–Crippen LogP) is 1.13. The molecule has 1 saturated carbocycles. The van der Waals surface area contributed by atoms with Crippen LogP contribution < -0.4 is 5.32 Å². The Balaban J connectivity index is 1.58. The van der Waals surface area contributed by atoms with Crippen molar-refractivity contribution in [1.82, 2.24) is 15.1 Å². The van der Waals surface area contributed by atoms with Crippen LogP contribution in [0.1, 0.15) is 25.7 Å². The molecule has 0 radical (unpaired) electrons. The van der Waals surface area contributed by atoms with Crippen LogP contribution >= 0.6 is 11.3 Å². The van der Waals surface area contributed by atoms with Gasteiger partial charge in [-0.15, -0.1) is 10.2 Å². The van der Waals surface area contributed by atoms with Crippen molar-refractivity contribution in [2.75, 3.05) is 18.4 Å². The fourth-order valence-electron chi connectivity index (χ4n) is 2.41. The molecule has 3 rings (SSSR count). The highest BCUT2D eigenvalue weighted by Crippen LogP contribution is 2.32. The number of carbonyl (C=O) groups is 2. The standard InChI is InChI=1S/C12H16N4O2S/c17-10(14-12-15-13-7-19-12)9-2-1-5-16(6-9)11(18)8-3-4-8/h7-9H,1-6H2,(H,14,15,17). The van der Waals surface area contributed by atoms with Gasteiger partial charge in [0.25, 0.3) is 0 Å². The number of carbonyl (C=O) groups excluding carboxylic acids is 2. The van der Waals surface area contributed by atoms with E-state index in [4.69, 9.17) is 0 Å². The number of hydrogen-bond acceptors (Lipinski definition) is 5. The van der Waals surface area contributed by atoms with Crippen LogP contribution in [0.25, 0.3) is 0 Å². The van der Waals surface area contributed by atoms with Crippen molar-refractivity contribution in [1.29, 1.82) is 0 Å². The number of likely N-dealkylation sites (tertiary alicyclic amines) is 1. The van der Waals surface area contributed by atoms with Crippen molar-refractivity contribution < 1.29 is 9.59 Å². The van der Waals surface area contributed by atoms with Gasteiger partial charge in [0.05, 0.1) is 5.92 Å². The largest absolute Gasteiger partial charge is 0.342 e. The molecule has 1 N–H and O–H groups in total.